The zero-order valence-corrected chi connectivity index (χ0v) is 21.6. The fourth-order valence-corrected chi connectivity index (χ4v) is 5.26. The van der Waals surface area contributed by atoms with Crippen LogP contribution in [-0.2, 0) is 20.3 Å². The van der Waals surface area contributed by atoms with Crippen molar-refractivity contribution < 1.29 is 9.47 Å². The van der Waals surface area contributed by atoms with Crippen molar-refractivity contribution in [1.82, 2.24) is 20.1 Å². The van der Waals surface area contributed by atoms with E-state index in [-0.39, 0.29) is 0 Å². The highest BCUT2D eigenvalue weighted by atomic mass is 16.5. The minimum absolute atomic E-state index is 0.409. The Bertz CT molecular complexity index is 1510. The number of rotatable bonds is 8. The lowest BCUT2D eigenvalue weighted by Crippen LogP contribution is -2.28. The van der Waals surface area contributed by atoms with E-state index in [0.717, 1.165) is 40.9 Å². The van der Waals surface area contributed by atoms with Gasteiger partial charge in [0, 0.05) is 25.0 Å². The number of nitrogens with one attached hydrogen (secondary N) is 1. The fraction of sp³-hybridized carbons (Fsp3) is 0.250. The maximum atomic E-state index is 6.32. The summed E-state index contributed by atoms with van der Waals surface area (Å²) in [7, 11) is 2.03. The van der Waals surface area contributed by atoms with Crippen LogP contribution < -0.4 is 14.8 Å². The van der Waals surface area contributed by atoms with E-state index in [0.29, 0.717) is 30.9 Å². The van der Waals surface area contributed by atoms with Crippen LogP contribution >= 0.6 is 0 Å². The highest BCUT2D eigenvalue weighted by Crippen LogP contribution is 2.38. The Morgan fingerprint density at radius 3 is 2.29 bits per heavy atom. The summed E-state index contributed by atoms with van der Waals surface area (Å²) in [5.41, 5.74) is 6.42. The summed E-state index contributed by atoms with van der Waals surface area (Å²) in [6.07, 6.45) is 2.38. The molecule has 0 saturated carbocycles. The molecule has 192 valence electrons. The maximum Gasteiger partial charge on any atom is 0.226 e. The zero-order chi connectivity index (χ0) is 25.7. The summed E-state index contributed by atoms with van der Waals surface area (Å²) < 4.78 is 14.4. The molecule has 38 heavy (non-hydrogen) atoms. The van der Waals surface area contributed by atoms with Crippen LogP contribution in [-0.4, -0.2) is 27.9 Å². The van der Waals surface area contributed by atoms with E-state index in [1.165, 1.54) is 23.9 Å². The van der Waals surface area contributed by atoms with Gasteiger partial charge in [-0.3, -0.25) is 4.68 Å². The number of aromatic nitrogens is 3. The first-order valence-electron chi connectivity index (χ1n) is 13.3. The van der Waals surface area contributed by atoms with Gasteiger partial charge in [-0.25, -0.2) is 0 Å². The average molecular weight is 505 g/mol. The van der Waals surface area contributed by atoms with E-state index in [2.05, 4.69) is 35.6 Å². The van der Waals surface area contributed by atoms with Gasteiger partial charge in [0.1, 0.15) is 18.9 Å². The van der Waals surface area contributed by atoms with E-state index >= 15 is 0 Å². The Kier molecular flexibility index (Phi) is 7.05. The van der Waals surface area contributed by atoms with Crippen LogP contribution in [0.2, 0.25) is 0 Å². The number of fused-ring (bicyclic) bond motifs is 1. The number of hydrogen-bond donors (Lipinski definition) is 1. The van der Waals surface area contributed by atoms with Crippen molar-refractivity contribution in [3.05, 3.63) is 108 Å². The topological polar surface area (TPSA) is 61.2 Å². The predicted octanol–water partition coefficient (Wildman–Crippen LogP) is 6.26. The summed E-state index contributed by atoms with van der Waals surface area (Å²) in [5, 5.41) is 9.65. The molecule has 1 fully saturated rings. The Balaban J connectivity index is 1.37. The number of hydrogen-bond acceptors (Lipinski definition) is 5. The molecule has 3 heterocycles. The molecule has 6 nitrogen and oxygen atoms in total. The van der Waals surface area contributed by atoms with E-state index in [9.17, 15) is 0 Å². The van der Waals surface area contributed by atoms with Crippen molar-refractivity contribution in [3.8, 4) is 23.0 Å². The number of benzene rings is 3. The number of piperidine rings is 1. The molecule has 6 rings (SSSR count). The van der Waals surface area contributed by atoms with Gasteiger partial charge in [0.15, 0.2) is 0 Å². The second-order valence-electron chi connectivity index (χ2n) is 9.81. The molecule has 5 aromatic rings. The van der Waals surface area contributed by atoms with Crippen LogP contribution in [0.3, 0.4) is 0 Å². The molecule has 1 aliphatic heterocycles. The molecule has 1 saturated heterocycles. The van der Waals surface area contributed by atoms with Crippen LogP contribution in [0, 0.1) is 0 Å². The Hall–Kier alpha value is -4.16. The van der Waals surface area contributed by atoms with Crippen molar-refractivity contribution in [1.29, 1.82) is 0 Å². The number of para-hydroxylation sites is 1. The fourth-order valence-electron chi connectivity index (χ4n) is 5.26. The molecule has 1 aliphatic rings. The number of ether oxygens (including phenoxy) is 2. The van der Waals surface area contributed by atoms with Crippen LogP contribution in [0.1, 0.15) is 35.4 Å². The summed E-state index contributed by atoms with van der Waals surface area (Å²) in [5.74, 6) is 1.52. The van der Waals surface area contributed by atoms with Crippen LogP contribution in [0.15, 0.2) is 91.0 Å². The monoisotopic (exact) mass is 504 g/mol. The number of pyridine rings is 1. The van der Waals surface area contributed by atoms with E-state index < -0.39 is 0 Å². The van der Waals surface area contributed by atoms with Gasteiger partial charge in [0.25, 0.3) is 0 Å². The average Bonchev–Trinajstić information content (AvgIpc) is 3.33. The van der Waals surface area contributed by atoms with Gasteiger partial charge in [-0.1, -0.05) is 78.9 Å². The van der Waals surface area contributed by atoms with E-state index in [1.807, 2.05) is 72.4 Å². The van der Waals surface area contributed by atoms with Gasteiger partial charge in [0.05, 0.1) is 11.1 Å². The second-order valence-corrected chi connectivity index (χ2v) is 9.81. The van der Waals surface area contributed by atoms with Crippen molar-refractivity contribution in [3.63, 3.8) is 0 Å². The molecule has 0 unspecified atom stereocenters. The van der Waals surface area contributed by atoms with E-state index in [4.69, 9.17) is 19.6 Å². The summed E-state index contributed by atoms with van der Waals surface area (Å²) in [6.45, 7) is 2.94. The Morgan fingerprint density at radius 1 is 0.842 bits per heavy atom. The molecule has 1 atom stereocenters. The molecule has 1 N–H and O–H groups in total. The molecular weight excluding hydrogens is 472 g/mol. The van der Waals surface area contributed by atoms with Crippen molar-refractivity contribution in [2.45, 2.75) is 32.0 Å². The second kappa shape index (κ2) is 11.1. The third kappa shape index (κ3) is 5.13. The van der Waals surface area contributed by atoms with Gasteiger partial charge in [0.2, 0.25) is 11.8 Å². The molecule has 0 bridgehead atoms. The first-order valence-corrected chi connectivity index (χ1v) is 13.3. The highest BCUT2D eigenvalue weighted by molar-refractivity contribution is 5.96. The first kappa shape index (κ1) is 24.2. The van der Waals surface area contributed by atoms with Gasteiger partial charge in [-0.2, -0.15) is 10.1 Å². The van der Waals surface area contributed by atoms with Crippen LogP contribution in [0.4, 0.5) is 0 Å². The molecule has 6 heteroatoms. The lowest BCUT2D eigenvalue weighted by molar-refractivity contribution is 0.268. The predicted molar refractivity (Wildman–Crippen MR) is 150 cm³/mol. The van der Waals surface area contributed by atoms with Crippen molar-refractivity contribution >= 4 is 10.9 Å². The summed E-state index contributed by atoms with van der Waals surface area (Å²) >= 11 is 0. The van der Waals surface area contributed by atoms with Crippen molar-refractivity contribution in [2.24, 2.45) is 7.05 Å². The minimum atomic E-state index is 0.409. The standard InChI is InChI=1S/C32H32N4O2/c1-36-31-26(25-14-9-19-33-20-25)15-8-16-27(31)30(35-36)28-17-18-29(37-21-23-10-4-2-5-11-23)34-32(28)38-22-24-12-6-3-7-13-24/h2-8,10-13,15-18,25,33H,9,14,19-22H2,1H3/t25-/m0/s1. The van der Waals surface area contributed by atoms with Gasteiger partial charge in [-0.15, -0.1) is 0 Å². The molecule has 0 aliphatic carbocycles. The van der Waals surface area contributed by atoms with Gasteiger partial charge >= 0.3 is 0 Å². The zero-order valence-electron chi connectivity index (χ0n) is 21.6. The Labute approximate surface area is 223 Å². The summed E-state index contributed by atoms with van der Waals surface area (Å²) in [6, 6.07) is 30.7. The molecule has 2 aromatic heterocycles. The largest absolute Gasteiger partial charge is 0.473 e. The third-order valence-electron chi connectivity index (χ3n) is 7.17. The van der Waals surface area contributed by atoms with Gasteiger partial charge in [-0.05, 0) is 48.1 Å². The van der Waals surface area contributed by atoms with Gasteiger partial charge < -0.3 is 14.8 Å². The summed E-state index contributed by atoms with van der Waals surface area (Å²) in [4.78, 5) is 4.80. The molecule has 0 amide bonds. The smallest absolute Gasteiger partial charge is 0.226 e. The quantitative estimate of drug-likeness (QED) is 0.270. The molecular formula is C32H32N4O2. The minimum Gasteiger partial charge on any atom is -0.473 e. The van der Waals surface area contributed by atoms with Crippen LogP contribution in [0.5, 0.6) is 11.8 Å². The molecule has 3 aromatic carbocycles. The van der Waals surface area contributed by atoms with E-state index in [1.54, 1.807) is 0 Å². The number of nitrogens with zero attached hydrogens (tertiary/aromatic N) is 3. The Morgan fingerprint density at radius 2 is 1.58 bits per heavy atom. The lowest BCUT2D eigenvalue weighted by atomic mass is 9.90. The highest BCUT2D eigenvalue weighted by Gasteiger charge is 2.23. The molecule has 0 spiro atoms. The van der Waals surface area contributed by atoms with Crippen LogP contribution in [0.25, 0.3) is 22.2 Å². The third-order valence-corrected chi connectivity index (χ3v) is 7.17. The lowest BCUT2D eigenvalue weighted by Gasteiger charge is -2.24. The number of aryl methyl sites for hydroxylation is 1. The first-order chi connectivity index (χ1) is 18.8. The SMILES string of the molecule is Cn1nc(-c2ccc(OCc3ccccc3)nc2OCc2ccccc2)c2cccc([C@H]3CCCNC3)c21. The molecule has 0 radical (unpaired) electrons. The maximum absolute atomic E-state index is 6.32. The van der Waals surface area contributed by atoms with Crippen molar-refractivity contribution in [2.75, 3.05) is 13.1 Å². The normalized spacial score (nSPS) is 15.4.